The van der Waals surface area contributed by atoms with Gasteiger partial charge in [0.2, 0.25) is 10.0 Å². The second-order valence-electron chi connectivity index (χ2n) is 5.70. The molecule has 0 bridgehead atoms. The monoisotopic (exact) mass is 396 g/mol. The number of piperazine rings is 1. The molecule has 1 aromatic rings. The van der Waals surface area contributed by atoms with Gasteiger partial charge in [-0.25, -0.2) is 8.42 Å². The lowest BCUT2D eigenvalue weighted by atomic mass is 10.1. The maximum Gasteiger partial charge on any atom is 0.247 e. The van der Waals surface area contributed by atoms with Crippen LogP contribution in [0.5, 0.6) is 0 Å². The molecule has 8 heteroatoms. The highest BCUT2D eigenvalue weighted by Crippen LogP contribution is 2.33. The molecule has 2 fully saturated rings. The molecule has 5 nitrogen and oxygen atoms in total. The third kappa shape index (κ3) is 2.79. The molecule has 118 valence electrons. The van der Waals surface area contributed by atoms with Crippen molar-refractivity contribution in [3.8, 4) is 0 Å². The van der Waals surface area contributed by atoms with Crippen molar-refractivity contribution < 1.29 is 12.8 Å². The molecule has 0 aliphatic carbocycles. The van der Waals surface area contributed by atoms with Crippen LogP contribution in [0.25, 0.3) is 0 Å². The molecule has 21 heavy (non-hydrogen) atoms. The lowest BCUT2D eigenvalue weighted by Gasteiger charge is -2.41. The maximum atomic E-state index is 12.9. The average molecular weight is 398 g/mol. The molecule has 0 N–H and O–H groups in total. The number of hydrogen-bond donors (Lipinski definition) is 0. The molecular weight excluding hydrogens is 380 g/mol. The van der Waals surface area contributed by atoms with Gasteiger partial charge in [0.05, 0.1) is 5.88 Å². The zero-order valence-electron chi connectivity index (χ0n) is 11.8. The summed E-state index contributed by atoms with van der Waals surface area (Å²) in [6, 6.07) is 1.82. The molecule has 0 amide bonds. The fraction of sp³-hybridized carbons (Fsp3) is 0.692. The summed E-state index contributed by atoms with van der Waals surface area (Å²) in [5.41, 5.74) is 0. The molecule has 2 aliphatic rings. The van der Waals surface area contributed by atoms with Crippen LogP contribution in [0, 0.1) is 0 Å². The second kappa shape index (κ2) is 5.85. The third-order valence-corrected chi connectivity index (χ3v) is 7.41. The van der Waals surface area contributed by atoms with Crippen molar-refractivity contribution in [2.75, 3.05) is 19.6 Å². The van der Waals surface area contributed by atoms with Crippen molar-refractivity contribution in [2.24, 2.45) is 0 Å². The van der Waals surface area contributed by atoms with Crippen LogP contribution < -0.4 is 0 Å². The average Bonchev–Trinajstić information content (AvgIpc) is 3.03. The topological polar surface area (TPSA) is 53.8 Å². The highest BCUT2D eigenvalue weighted by Gasteiger charge is 2.41. The number of sulfonamides is 1. The van der Waals surface area contributed by atoms with Crippen LogP contribution in [-0.4, -0.2) is 49.3 Å². The Morgan fingerprint density at radius 1 is 1.48 bits per heavy atom. The Morgan fingerprint density at radius 2 is 2.24 bits per heavy atom. The van der Waals surface area contributed by atoms with Crippen LogP contribution in [-0.2, 0) is 15.9 Å². The first-order chi connectivity index (χ1) is 9.93. The van der Waals surface area contributed by atoms with Crippen LogP contribution in [0.2, 0.25) is 0 Å². The largest absolute Gasteiger partial charge is 0.452 e. The van der Waals surface area contributed by atoms with E-state index in [9.17, 15) is 8.42 Å². The van der Waals surface area contributed by atoms with Gasteiger partial charge in [-0.2, -0.15) is 4.31 Å². The molecule has 3 rings (SSSR count). The first-order valence-corrected chi connectivity index (χ1v) is 9.80. The fourth-order valence-corrected chi connectivity index (χ4v) is 6.02. The molecule has 2 unspecified atom stereocenters. The van der Waals surface area contributed by atoms with Gasteiger partial charge in [0.1, 0.15) is 10.7 Å². The van der Waals surface area contributed by atoms with Gasteiger partial charge < -0.3 is 4.42 Å². The van der Waals surface area contributed by atoms with E-state index in [-0.39, 0.29) is 21.5 Å². The third-order valence-electron chi connectivity index (χ3n) is 4.30. The smallest absolute Gasteiger partial charge is 0.247 e. The van der Waals surface area contributed by atoms with Gasteiger partial charge in [0, 0.05) is 31.2 Å². The summed E-state index contributed by atoms with van der Waals surface area (Å²) < 4.78 is 33.0. The first-order valence-electron chi connectivity index (χ1n) is 7.03. The molecule has 0 radical (unpaired) electrons. The number of alkyl halides is 1. The summed E-state index contributed by atoms with van der Waals surface area (Å²) in [5.74, 6) is 0.606. The highest BCUT2D eigenvalue weighted by atomic mass is 79.9. The van der Waals surface area contributed by atoms with Crippen LogP contribution in [0.1, 0.15) is 25.5 Å². The summed E-state index contributed by atoms with van der Waals surface area (Å²) in [6.07, 6.45) is 2.22. The lowest BCUT2D eigenvalue weighted by Crippen LogP contribution is -2.56. The molecular formula is C13H18BrClN2O3S. The van der Waals surface area contributed by atoms with E-state index in [1.807, 2.05) is 6.92 Å². The number of halogens is 2. The summed E-state index contributed by atoms with van der Waals surface area (Å²) in [5, 5.41) is 0. The van der Waals surface area contributed by atoms with Crippen molar-refractivity contribution in [3.63, 3.8) is 0 Å². The van der Waals surface area contributed by atoms with Crippen LogP contribution in [0.3, 0.4) is 0 Å². The molecule has 0 spiro atoms. The molecule has 3 heterocycles. The molecule has 2 saturated heterocycles. The maximum absolute atomic E-state index is 12.9. The van der Waals surface area contributed by atoms with Crippen molar-refractivity contribution >= 4 is 37.6 Å². The second-order valence-corrected chi connectivity index (χ2v) is 8.55. The number of nitrogens with zero attached hydrogens (tertiary/aromatic N) is 2. The Balaban J connectivity index is 1.91. The summed E-state index contributed by atoms with van der Waals surface area (Å²) in [4.78, 5) is 2.57. The van der Waals surface area contributed by atoms with Gasteiger partial charge in [-0.15, -0.1) is 11.6 Å². The number of hydrogen-bond acceptors (Lipinski definition) is 4. The molecule has 1 aromatic heterocycles. The number of rotatable bonds is 3. The fourth-order valence-electron chi connectivity index (χ4n) is 3.26. The molecule has 0 aromatic carbocycles. The normalized spacial score (nSPS) is 28.0. The predicted octanol–water partition coefficient (Wildman–Crippen LogP) is 2.64. The lowest BCUT2D eigenvalue weighted by molar-refractivity contribution is 0.117. The Kier molecular flexibility index (Phi) is 4.40. The molecule has 0 saturated carbocycles. The van der Waals surface area contributed by atoms with E-state index in [1.54, 1.807) is 4.31 Å². The predicted molar refractivity (Wildman–Crippen MR) is 83.9 cm³/mol. The Hall–Kier alpha value is -0.0800. The standard InChI is InChI=1S/C13H18BrClN2O3S/c1-9-7-16-4-2-3-10(16)8-17(9)21(18,19)12-5-11(6-15)20-13(12)14/h5,9-10H,2-4,6-8H2,1H3. The van der Waals surface area contributed by atoms with E-state index in [0.717, 1.165) is 25.9 Å². The van der Waals surface area contributed by atoms with Crippen molar-refractivity contribution in [3.05, 3.63) is 16.5 Å². The van der Waals surface area contributed by atoms with Crippen LogP contribution in [0.15, 0.2) is 20.0 Å². The zero-order chi connectivity index (χ0) is 15.2. The highest BCUT2D eigenvalue weighted by molar-refractivity contribution is 9.10. The quantitative estimate of drug-likeness (QED) is 0.736. The van der Waals surface area contributed by atoms with E-state index in [0.29, 0.717) is 18.3 Å². The minimum atomic E-state index is -3.56. The van der Waals surface area contributed by atoms with Gasteiger partial charge in [0.15, 0.2) is 4.67 Å². The van der Waals surface area contributed by atoms with E-state index in [4.69, 9.17) is 16.0 Å². The minimum Gasteiger partial charge on any atom is -0.452 e. The van der Waals surface area contributed by atoms with Gasteiger partial charge in [-0.05, 0) is 42.2 Å². The minimum absolute atomic E-state index is 0.0365. The Labute approximate surface area is 138 Å². The van der Waals surface area contributed by atoms with Crippen LogP contribution in [0.4, 0.5) is 0 Å². The number of furan rings is 1. The van der Waals surface area contributed by atoms with E-state index in [1.165, 1.54) is 6.07 Å². The summed E-state index contributed by atoms with van der Waals surface area (Å²) in [6.45, 7) is 4.39. The SMILES string of the molecule is CC1CN2CCCC2CN1S(=O)(=O)c1cc(CCl)oc1Br. The summed E-state index contributed by atoms with van der Waals surface area (Å²) in [7, 11) is -3.56. The van der Waals surface area contributed by atoms with Crippen LogP contribution >= 0.6 is 27.5 Å². The Bertz CT molecular complexity index is 633. The van der Waals surface area contributed by atoms with Gasteiger partial charge >= 0.3 is 0 Å². The zero-order valence-corrected chi connectivity index (χ0v) is 14.9. The molecule has 2 aliphatic heterocycles. The first kappa shape index (κ1) is 15.8. The van der Waals surface area contributed by atoms with Crippen molar-refractivity contribution in [1.29, 1.82) is 0 Å². The Morgan fingerprint density at radius 3 is 2.90 bits per heavy atom. The van der Waals surface area contributed by atoms with Gasteiger partial charge in [-0.3, -0.25) is 4.90 Å². The summed E-state index contributed by atoms with van der Waals surface area (Å²) >= 11 is 8.92. The van der Waals surface area contributed by atoms with Crippen molar-refractivity contribution in [2.45, 2.75) is 42.6 Å². The van der Waals surface area contributed by atoms with Crippen molar-refractivity contribution in [1.82, 2.24) is 9.21 Å². The van der Waals surface area contributed by atoms with Gasteiger partial charge in [-0.1, -0.05) is 0 Å². The van der Waals surface area contributed by atoms with E-state index >= 15 is 0 Å². The van der Waals surface area contributed by atoms with E-state index in [2.05, 4.69) is 20.8 Å². The van der Waals surface area contributed by atoms with Gasteiger partial charge in [0.25, 0.3) is 0 Å². The number of fused-ring (bicyclic) bond motifs is 1. The molecule has 2 atom stereocenters. The van der Waals surface area contributed by atoms with E-state index < -0.39 is 10.0 Å².